The monoisotopic (exact) mass is 554 g/mol. The molecule has 1 heterocycles. The maximum absolute atomic E-state index is 12.0. The van der Waals surface area contributed by atoms with Crippen LogP contribution in [0.3, 0.4) is 0 Å². The number of amides is 1. The third-order valence-corrected chi connectivity index (χ3v) is 5.15. The van der Waals surface area contributed by atoms with Crippen LogP contribution in [-0.4, -0.2) is 50.8 Å². The zero-order valence-corrected chi connectivity index (χ0v) is 20.9. The quantitative estimate of drug-likeness (QED) is 0.227. The highest BCUT2D eigenvalue weighted by atomic mass is 127. The first kappa shape index (κ1) is 25.7. The summed E-state index contributed by atoms with van der Waals surface area (Å²) in [6, 6.07) is 13.1. The standard InChI is InChI=1S/C23H30N4O4.HI/c1-4-24-23(25-13-16-11-22(29)27-20-8-6-5-7-19(16)20)26-14-21(28)15-9-17(30-2)12-18(10-15)31-3;/h5-10,12,16,21,28H,4,11,13-14H2,1-3H3,(H,27,29)(H2,24,25,26);1H. The minimum absolute atomic E-state index is 0. The summed E-state index contributed by atoms with van der Waals surface area (Å²) in [4.78, 5) is 16.6. The van der Waals surface area contributed by atoms with Gasteiger partial charge in [0.05, 0.1) is 26.9 Å². The Hall–Kier alpha value is -2.53. The number of anilines is 1. The molecule has 0 spiro atoms. The number of carbonyl (C=O) groups is 1. The van der Waals surface area contributed by atoms with Crippen molar-refractivity contribution in [1.29, 1.82) is 0 Å². The van der Waals surface area contributed by atoms with Crippen molar-refractivity contribution in [2.75, 3.05) is 39.2 Å². The number of aliphatic hydroxyl groups excluding tert-OH is 1. The molecule has 174 valence electrons. The Labute approximate surface area is 205 Å². The van der Waals surface area contributed by atoms with Crippen LogP contribution in [0.25, 0.3) is 0 Å². The van der Waals surface area contributed by atoms with Gasteiger partial charge in [-0.15, -0.1) is 24.0 Å². The third kappa shape index (κ3) is 6.73. The molecule has 0 bridgehead atoms. The molecule has 4 N–H and O–H groups in total. The number of carbonyl (C=O) groups excluding carboxylic acids is 1. The molecule has 1 amide bonds. The first-order valence-electron chi connectivity index (χ1n) is 10.4. The zero-order chi connectivity index (χ0) is 22.2. The van der Waals surface area contributed by atoms with Gasteiger partial charge in [-0.25, -0.2) is 0 Å². The molecule has 0 radical (unpaired) electrons. The highest BCUT2D eigenvalue weighted by Gasteiger charge is 2.24. The van der Waals surface area contributed by atoms with Crippen LogP contribution >= 0.6 is 24.0 Å². The van der Waals surface area contributed by atoms with Crippen molar-refractivity contribution in [3.8, 4) is 11.5 Å². The summed E-state index contributed by atoms with van der Waals surface area (Å²) in [6.07, 6.45) is -0.407. The molecule has 2 aromatic carbocycles. The number of aliphatic imine (C=N–C) groups is 1. The van der Waals surface area contributed by atoms with Crippen LogP contribution in [0.1, 0.15) is 36.5 Å². The number of nitrogens with one attached hydrogen (secondary N) is 3. The maximum Gasteiger partial charge on any atom is 0.225 e. The fourth-order valence-electron chi connectivity index (χ4n) is 3.55. The van der Waals surface area contributed by atoms with Crippen molar-refractivity contribution < 1.29 is 19.4 Å². The van der Waals surface area contributed by atoms with Gasteiger partial charge >= 0.3 is 0 Å². The molecule has 32 heavy (non-hydrogen) atoms. The smallest absolute Gasteiger partial charge is 0.225 e. The summed E-state index contributed by atoms with van der Waals surface area (Å²) >= 11 is 0. The van der Waals surface area contributed by atoms with E-state index in [1.807, 2.05) is 31.2 Å². The number of hydrogen-bond acceptors (Lipinski definition) is 5. The van der Waals surface area contributed by atoms with E-state index in [0.717, 1.165) is 11.3 Å². The van der Waals surface area contributed by atoms with Gasteiger partial charge in [-0.3, -0.25) is 9.79 Å². The van der Waals surface area contributed by atoms with Gasteiger partial charge in [0.1, 0.15) is 11.5 Å². The normalized spacial score (nSPS) is 16.2. The number of ether oxygens (including phenoxy) is 2. The van der Waals surface area contributed by atoms with Gasteiger partial charge in [-0.1, -0.05) is 18.2 Å². The van der Waals surface area contributed by atoms with E-state index >= 15 is 0 Å². The van der Waals surface area contributed by atoms with E-state index < -0.39 is 6.10 Å². The fourth-order valence-corrected chi connectivity index (χ4v) is 3.55. The second-order valence-corrected chi connectivity index (χ2v) is 7.30. The number of benzene rings is 2. The lowest BCUT2D eigenvalue weighted by atomic mass is 9.90. The van der Waals surface area contributed by atoms with Crippen LogP contribution < -0.4 is 25.4 Å². The van der Waals surface area contributed by atoms with E-state index in [-0.39, 0.29) is 42.3 Å². The molecule has 1 aliphatic heterocycles. The molecule has 0 aliphatic carbocycles. The van der Waals surface area contributed by atoms with E-state index in [1.54, 1.807) is 32.4 Å². The minimum Gasteiger partial charge on any atom is -0.497 e. The van der Waals surface area contributed by atoms with Crippen molar-refractivity contribution in [2.45, 2.75) is 25.4 Å². The molecule has 8 nitrogen and oxygen atoms in total. The molecular formula is C23H31IN4O4. The van der Waals surface area contributed by atoms with Gasteiger partial charge in [-0.2, -0.15) is 0 Å². The van der Waals surface area contributed by atoms with Gasteiger partial charge in [0.15, 0.2) is 5.96 Å². The maximum atomic E-state index is 12.0. The number of guanidine groups is 1. The first-order chi connectivity index (χ1) is 15.0. The number of hydrogen-bond donors (Lipinski definition) is 4. The lowest BCUT2D eigenvalue weighted by Crippen LogP contribution is -2.41. The highest BCUT2D eigenvalue weighted by molar-refractivity contribution is 14.0. The summed E-state index contributed by atoms with van der Waals surface area (Å²) in [5.41, 5.74) is 2.62. The van der Waals surface area contributed by atoms with Crippen LogP contribution in [0.2, 0.25) is 0 Å². The van der Waals surface area contributed by atoms with Crippen LogP contribution in [0, 0.1) is 0 Å². The molecule has 3 rings (SSSR count). The average Bonchev–Trinajstić information content (AvgIpc) is 2.79. The number of rotatable bonds is 8. The Morgan fingerprint density at radius 3 is 2.53 bits per heavy atom. The Balaban J connectivity index is 0.00000363. The van der Waals surface area contributed by atoms with Crippen molar-refractivity contribution >= 4 is 41.5 Å². The summed E-state index contributed by atoms with van der Waals surface area (Å²) in [5, 5.41) is 20.0. The molecule has 0 aromatic heterocycles. The van der Waals surface area contributed by atoms with E-state index in [1.165, 1.54) is 0 Å². The van der Waals surface area contributed by atoms with Gasteiger partial charge < -0.3 is 30.5 Å². The lowest BCUT2D eigenvalue weighted by molar-refractivity contribution is -0.116. The molecule has 0 saturated heterocycles. The summed E-state index contributed by atoms with van der Waals surface area (Å²) in [6.45, 7) is 3.37. The molecular weight excluding hydrogens is 523 g/mol. The number of para-hydroxylation sites is 1. The van der Waals surface area contributed by atoms with E-state index in [2.05, 4.69) is 20.9 Å². The molecule has 2 aromatic rings. The lowest BCUT2D eigenvalue weighted by Gasteiger charge is -2.26. The number of halogens is 1. The van der Waals surface area contributed by atoms with E-state index in [9.17, 15) is 9.90 Å². The van der Waals surface area contributed by atoms with Crippen molar-refractivity contribution in [2.24, 2.45) is 4.99 Å². The molecule has 2 unspecified atom stereocenters. The largest absolute Gasteiger partial charge is 0.497 e. The van der Waals surface area contributed by atoms with Gasteiger partial charge in [0.25, 0.3) is 0 Å². The van der Waals surface area contributed by atoms with Gasteiger partial charge in [0, 0.05) is 37.2 Å². The molecule has 0 fully saturated rings. The van der Waals surface area contributed by atoms with Crippen molar-refractivity contribution in [1.82, 2.24) is 10.6 Å². The fraction of sp³-hybridized carbons (Fsp3) is 0.391. The predicted octanol–water partition coefficient (Wildman–Crippen LogP) is 3.04. The Morgan fingerprint density at radius 2 is 1.88 bits per heavy atom. The van der Waals surface area contributed by atoms with Gasteiger partial charge in [-0.05, 0) is 36.2 Å². The number of methoxy groups -OCH3 is 2. The van der Waals surface area contributed by atoms with E-state index in [0.29, 0.717) is 42.5 Å². The van der Waals surface area contributed by atoms with E-state index in [4.69, 9.17) is 9.47 Å². The average molecular weight is 554 g/mol. The predicted molar refractivity (Wildman–Crippen MR) is 136 cm³/mol. The summed E-state index contributed by atoms with van der Waals surface area (Å²) in [7, 11) is 3.14. The molecule has 1 aliphatic rings. The van der Waals surface area contributed by atoms with Crippen LogP contribution in [-0.2, 0) is 4.79 Å². The second kappa shape index (κ2) is 12.5. The van der Waals surface area contributed by atoms with Crippen LogP contribution in [0.15, 0.2) is 47.5 Å². The van der Waals surface area contributed by atoms with Crippen LogP contribution in [0.4, 0.5) is 5.69 Å². The van der Waals surface area contributed by atoms with Crippen molar-refractivity contribution in [3.63, 3.8) is 0 Å². The topological polar surface area (TPSA) is 104 Å². The minimum atomic E-state index is -0.819. The Morgan fingerprint density at radius 1 is 1.19 bits per heavy atom. The summed E-state index contributed by atoms with van der Waals surface area (Å²) < 4.78 is 10.5. The summed E-state index contributed by atoms with van der Waals surface area (Å²) in [5.74, 6) is 1.85. The molecule has 9 heteroatoms. The molecule has 2 atom stereocenters. The van der Waals surface area contributed by atoms with Gasteiger partial charge in [0.2, 0.25) is 5.91 Å². The SMILES string of the molecule is CCNC(=NCC(O)c1cc(OC)cc(OC)c1)NCC1CC(=O)Nc2ccccc21.I. The molecule has 0 saturated carbocycles. The number of fused-ring (bicyclic) bond motifs is 1. The Bertz CT molecular complexity index is 916. The van der Waals surface area contributed by atoms with Crippen molar-refractivity contribution in [3.05, 3.63) is 53.6 Å². The third-order valence-electron chi connectivity index (χ3n) is 5.15. The second-order valence-electron chi connectivity index (χ2n) is 7.30. The first-order valence-corrected chi connectivity index (χ1v) is 10.4. The highest BCUT2D eigenvalue weighted by Crippen LogP contribution is 2.31. The van der Waals surface area contributed by atoms with Crippen LogP contribution in [0.5, 0.6) is 11.5 Å². The number of aliphatic hydroxyl groups is 1. The Kier molecular flexibility index (Phi) is 10.0. The zero-order valence-electron chi connectivity index (χ0n) is 18.6. The number of nitrogens with zero attached hydrogens (tertiary/aromatic N) is 1.